The first kappa shape index (κ1) is 11.3. The van der Waals surface area contributed by atoms with E-state index < -0.39 is 0 Å². The molecule has 0 saturated heterocycles. The molecule has 0 atom stereocenters. The Labute approximate surface area is 99.0 Å². The molecule has 0 aliphatic carbocycles. The number of nitrogens with one attached hydrogen (secondary N) is 1. The molecule has 0 unspecified atom stereocenters. The van der Waals surface area contributed by atoms with Crippen LogP contribution in [0.2, 0.25) is 0 Å². The quantitative estimate of drug-likeness (QED) is 0.612. The molecule has 17 heavy (non-hydrogen) atoms. The van der Waals surface area contributed by atoms with Crippen molar-refractivity contribution in [2.75, 3.05) is 0 Å². The van der Waals surface area contributed by atoms with Crippen molar-refractivity contribution in [1.82, 2.24) is 19.7 Å². The maximum Gasteiger partial charge on any atom is 0.141 e. The molecule has 88 valence electrons. The van der Waals surface area contributed by atoms with E-state index in [1.807, 2.05) is 13.8 Å². The van der Waals surface area contributed by atoms with E-state index in [-0.39, 0.29) is 11.9 Å². The average molecular weight is 230 g/mol. The predicted molar refractivity (Wildman–Crippen MR) is 64.7 cm³/mol. The highest BCUT2D eigenvalue weighted by molar-refractivity contribution is 5.94. The van der Waals surface area contributed by atoms with E-state index in [1.54, 1.807) is 29.3 Å². The van der Waals surface area contributed by atoms with Gasteiger partial charge in [-0.2, -0.15) is 5.10 Å². The molecule has 0 fully saturated rings. The van der Waals surface area contributed by atoms with Gasteiger partial charge in [-0.15, -0.1) is 0 Å². The lowest BCUT2D eigenvalue weighted by atomic mass is 10.2. The summed E-state index contributed by atoms with van der Waals surface area (Å²) in [5, 5.41) is 11.9. The van der Waals surface area contributed by atoms with Crippen molar-refractivity contribution < 1.29 is 0 Å². The molecule has 0 bridgehead atoms. The van der Waals surface area contributed by atoms with Crippen molar-refractivity contribution in [3.63, 3.8) is 0 Å². The van der Waals surface area contributed by atoms with Crippen LogP contribution >= 0.6 is 0 Å². The number of hydrogen-bond acceptors (Lipinski definition) is 4. The first-order chi connectivity index (χ1) is 8.09. The normalized spacial score (nSPS) is 10.8. The molecule has 6 heteroatoms. The Hall–Kier alpha value is -2.24. The molecule has 0 spiro atoms. The molecule has 2 aromatic rings. The van der Waals surface area contributed by atoms with E-state index in [0.717, 1.165) is 0 Å². The fourth-order valence-electron chi connectivity index (χ4n) is 1.55. The van der Waals surface area contributed by atoms with Crippen LogP contribution in [-0.2, 0) is 0 Å². The van der Waals surface area contributed by atoms with Gasteiger partial charge in [0, 0.05) is 18.4 Å². The van der Waals surface area contributed by atoms with E-state index >= 15 is 0 Å². The Morgan fingerprint density at radius 3 is 2.59 bits per heavy atom. The highest BCUT2D eigenvalue weighted by Crippen LogP contribution is 2.18. The van der Waals surface area contributed by atoms with Gasteiger partial charge < -0.3 is 5.73 Å². The lowest BCUT2D eigenvalue weighted by Crippen LogP contribution is -2.18. The highest BCUT2D eigenvalue weighted by Gasteiger charge is 2.14. The fourth-order valence-corrected chi connectivity index (χ4v) is 1.55. The monoisotopic (exact) mass is 230 g/mol. The Balaban J connectivity index is 2.51. The number of hydrogen-bond donors (Lipinski definition) is 2. The molecule has 0 saturated carbocycles. The van der Waals surface area contributed by atoms with Gasteiger partial charge in [0.25, 0.3) is 0 Å². The van der Waals surface area contributed by atoms with E-state index in [4.69, 9.17) is 11.1 Å². The van der Waals surface area contributed by atoms with Crippen molar-refractivity contribution >= 4 is 5.84 Å². The first-order valence-corrected chi connectivity index (χ1v) is 5.30. The molecule has 0 radical (unpaired) electrons. The van der Waals surface area contributed by atoms with E-state index in [9.17, 15) is 0 Å². The lowest BCUT2D eigenvalue weighted by molar-refractivity contribution is 0.529. The summed E-state index contributed by atoms with van der Waals surface area (Å²) in [5.74, 6) is 0.00124. The molecular weight excluding hydrogens is 216 g/mol. The van der Waals surface area contributed by atoms with Crippen LogP contribution in [0.5, 0.6) is 0 Å². The molecule has 0 aliphatic rings. The van der Waals surface area contributed by atoms with Gasteiger partial charge in [0.1, 0.15) is 22.9 Å². The third-order valence-electron chi connectivity index (χ3n) is 2.33. The second kappa shape index (κ2) is 4.32. The summed E-state index contributed by atoms with van der Waals surface area (Å²) in [4.78, 5) is 8.17. The van der Waals surface area contributed by atoms with Crippen molar-refractivity contribution in [1.29, 1.82) is 5.41 Å². The van der Waals surface area contributed by atoms with Crippen LogP contribution in [0.1, 0.15) is 25.6 Å². The summed E-state index contributed by atoms with van der Waals surface area (Å²) >= 11 is 0. The largest absolute Gasteiger partial charge is 0.382 e. The van der Waals surface area contributed by atoms with Gasteiger partial charge in [-0.1, -0.05) is 0 Å². The van der Waals surface area contributed by atoms with Crippen LogP contribution in [-0.4, -0.2) is 25.6 Å². The SMILES string of the molecule is CC(C)n1nc(-c2cnccn2)cc1C(=N)N. The summed E-state index contributed by atoms with van der Waals surface area (Å²) in [5.41, 5.74) is 7.48. The van der Waals surface area contributed by atoms with Crippen LogP contribution in [0, 0.1) is 5.41 Å². The molecule has 2 aromatic heterocycles. The number of nitrogen functional groups attached to an aromatic ring is 1. The Morgan fingerprint density at radius 1 is 1.35 bits per heavy atom. The minimum atomic E-state index is 0.00124. The van der Waals surface area contributed by atoms with Gasteiger partial charge in [0.05, 0.1) is 6.20 Å². The maximum atomic E-state index is 7.53. The van der Waals surface area contributed by atoms with Crippen molar-refractivity contribution in [3.05, 3.63) is 30.4 Å². The molecule has 2 rings (SSSR count). The van der Waals surface area contributed by atoms with Gasteiger partial charge in [-0.05, 0) is 19.9 Å². The topological polar surface area (TPSA) is 93.5 Å². The third-order valence-corrected chi connectivity index (χ3v) is 2.33. The standard InChI is InChI=1S/C11H14N6/c1-7(2)17-10(11(12)13)5-8(16-17)9-6-14-3-4-15-9/h3-7H,1-2H3,(H3,12,13). The third kappa shape index (κ3) is 2.15. The lowest BCUT2D eigenvalue weighted by Gasteiger charge is -2.08. The zero-order chi connectivity index (χ0) is 12.4. The molecule has 3 N–H and O–H groups in total. The van der Waals surface area contributed by atoms with Crippen LogP contribution in [0.25, 0.3) is 11.4 Å². The number of nitrogens with zero attached hydrogens (tertiary/aromatic N) is 4. The smallest absolute Gasteiger partial charge is 0.141 e. The highest BCUT2D eigenvalue weighted by atomic mass is 15.3. The van der Waals surface area contributed by atoms with Crippen LogP contribution in [0.15, 0.2) is 24.7 Å². The first-order valence-electron chi connectivity index (χ1n) is 5.30. The van der Waals surface area contributed by atoms with Crippen LogP contribution in [0.4, 0.5) is 0 Å². The number of amidine groups is 1. The Bertz CT molecular complexity index is 528. The second-order valence-corrected chi connectivity index (χ2v) is 3.96. The van der Waals surface area contributed by atoms with Gasteiger partial charge in [-0.25, -0.2) is 0 Å². The number of nitrogens with two attached hydrogens (primary N) is 1. The minimum Gasteiger partial charge on any atom is -0.382 e. The summed E-state index contributed by atoms with van der Waals surface area (Å²) in [6.45, 7) is 3.97. The van der Waals surface area contributed by atoms with E-state index in [1.165, 1.54) is 0 Å². The van der Waals surface area contributed by atoms with Crippen molar-refractivity contribution in [2.45, 2.75) is 19.9 Å². The molecule has 0 aromatic carbocycles. The zero-order valence-electron chi connectivity index (χ0n) is 9.75. The average Bonchev–Trinajstić information content (AvgIpc) is 2.75. The van der Waals surface area contributed by atoms with Crippen LogP contribution in [0.3, 0.4) is 0 Å². The minimum absolute atomic E-state index is 0.00124. The Morgan fingerprint density at radius 2 is 2.12 bits per heavy atom. The number of rotatable bonds is 3. The fraction of sp³-hybridized carbons (Fsp3) is 0.273. The van der Waals surface area contributed by atoms with Gasteiger partial charge in [0.15, 0.2) is 0 Å². The summed E-state index contributed by atoms with van der Waals surface area (Å²) < 4.78 is 1.71. The molecular formula is C11H14N6. The number of aromatic nitrogens is 4. The molecule has 6 nitrogen and oxygen atoms in total. The maximum absolute atomic E-state index is 7.53. The van der Waals surface area contributed by atoms with Crippen molar-refractivity contribution in [3.8, 4) is 11.4 Å². The second-order valence-electron chi connectivity index (χ2n) is 3.96. The van der Waals surface area contributed by atoms with Crippen molar-refractivity contribution in [2.24, 2.45) is 5.73 Å². The summed E-state index contributed by atoms with van der Waals surface area (Å²) in [6.07, 6.45) is 4.85. The zero-order valence-corrected chi connectivity index (χ0v) is 9.75. The van der Waals surface area contributed by atoms with Gasteiger partial charge in [0.2, 0.25) is 0 Å². The molecule has 0 amide bonds. The van der Waals surface area contributed by atoms with Crippen LogP contribution < -0.4 is 5.73 Å². The van der Waals surface area contributed by atoms with E-state index in [2.05, 4.69) is 15.1 Å². The van der Waals surface area contributed by atoms with Gasteiger partial charge >= 0.3 is 0 Å². The molecule has 0 aliphatic heterocycles. The van der Waals surface area contributed by atoms with E-state index in [0.29, 0.717) is 17.1 Å². The summed E-state index contributed by atoms with van der Waals surface area (Å²) in [6, 6.07) is 1.89. The molecule has 2 heterocycles. The Kier molecular flexibility index (Phi) is 2.86. The predicted octanol–water partition coefficient (Wildman–Crippen LogP) is 1.21. The summed E-state index contributed by atoms with van der Waals surface area (Å²) in [7, 11) is 0. The van der Waals surface area contributed by atoms with Gasteiger partial charge in [-0.3, -0.25) is 20.1 Å².